The summed E-state index contributed by atoms with van der Waals surface area (Å²) in [6.45, 7) is 5.51. The molecule has 5 heteroatoms. The second-order valence-electron chi connectivity index (χ2n) is 5.88. The van der Waals surface area contributed by atoms with E-state index in [-0.39, 0.29) is 17.8 Å². The van der Waals surface area contributed by atoms with Gasteiger partial charge in [-0.3, -0.25) is 0 Å². The zero-order chi connectivity index (χ0) is 15.0. The third kappa shape index (κ3) is 2.70. The Morgan fingerprint density at radius 1 is 1.29 bits per heavy atom. The van der Waals surface area contributed by atoms with Crippen molar-refractivity contribution < 1.29 is 19.4 Å². The van der Waals surface area contributed by atoms with Crippen LogP contribution in [-0.2, 0) is 4.74 Å². The van der Waals surface area contributed by atoms with Gasteiger partial charge in [-0.05, 0) is 38.8 Å². The van der Waals surface area contributed by atoms with Crippen LogP contribution in [0.25, 0.3) is 0 Å². The maximum atomic E-state index is 11.3. The largest absolute Gasteiger partial charge is 0.489 e. The maximum Gasteiger partial charge on any atom is 0.339 e. The van der Waals surface area contributed by atoms with Crippen LogP contribution < -0.4 is 9.64 Å². The summed E-state index contributed by atoms with van der Waals surface area (Å²) >= 11 is 0. The molecular weight excluding hydrogens is 270 g/mol. The molecule has 1 saturated heterocycles. The molecule has 21 heavy (non-hydrogen) atoms. The molecule has 0 bridgehead atoms. The number of aromatic carboxylic acids is 1. The van der Waals surface area contributed by atoms with Gasteiger partial charge in [0.15, 0.2) is 5.75 Å². The molecule has 0 saturated carbocycles. The number of carbonyl (C=O) groups is 1. The predicted molar refractivity (Wildman–Crippen MR) is 79.3 cm³/mol. The number of nitrogens with zero attached hydrogens (tertiary/aromatic N) is 1. The molecule has 1 N–H and O–H groups in total. The molecule has 0 amide bonds. The predicted octanol–water partition coefficient (Wildman–Crippen LogP) is 2.54. The van der Waals surface area contributed by atoms with E-state index < -0.39 is 5.97 Å². The number of para-hydroxylation sites is 1. The van der Waals surface area contributed by atoms with Gasteiger partial charge in [0.25, 0.3) is 0 Å². The highest BCUT2D eigenvalue weighted by Crippen LogP contribution is 2.38. The fourth-order valence-electron chi connectivity index (χ4n) is 3.44. The average molecular weight is 291 g/mol. The van der Waals surface area contributed by atoms with Crippen molar-refractivity contribution in [1.82, 2.24) is 0 Å². The maximum absolute atomic E-state index is 11.3. The number of ether oxygens (including phenoxy) is 2. The number of benzene rings is 1. The van der Waals surface area contributed by atoms with Crippen LogP contribution in [-0.4, -0.2) is 42.5 Å². The molecule has 1 fully saturated rings. The lowest BCUT2D eigenvalue weighted by Gasteiger charge is -2.43. The zero-order valence-corrected chi connectivity index (χ0v) is 12.4. The molecule has 0 radical (unpaired) electrons. The van der Waals surface area contributed by atoms with Crippen molar-refractivity contribution in [3.05, 3.63) is 23.8 Å². The molecule has 0 spiro atoms. The Morgan fingerprint density at radius 3 is 2.67 bits per heavy atom. The zero-order valence-electron chi connectivity index (χ0n) is 12.4. The van der Waals surface area contributed by atoms with Gasteiger partial charge in [-0.2, -0.15) is 0 Å². The van der Waals surface area contributed by atoms with Crippen molar-refractivity contribution >= 4 is 11.7 Å². The Balaban J connectivity index is 1.93. The van der Waals surface area contributed by atoms with Crippen LogP contribution in [0.1, 0.15) is 37.0 Å². The Morgan fingerprint density at radius 2 is 2.00 bits per heavy atom. The fraction of sp³-hybridized carbons (Fsp3) is 0.562. The van der Waals surface area contributed by atoms with Crippen LogP contribution in [0, 0.1) is 0 Å². The number of hydrogen-bond acceptors (Lipinski definition) is 4. The summed E-state index contributed by atoms with van der Waals surface area (Å²) in [5.41, 5.74) is 1.14. The highest BCUT2D eigenvalue weighted by Gasteiger charge is 2.33. The minimum Gasteiger partial charge on any atom is -0.489 e. The summed E-state index contributed by atoms with van der Waals surface area (Å²) in [7, 11) is 0. The summed E-state index contributed by atoms with van der Waals surface area (Å²) in [5, 5.41) is 9.30. The average Bonchev–Trinajstić information content (AvgIpc) is 2.44. The molecule has 5 nitrogen and oxygen atoms in total. The molecule has 0 aliphatic carbocycles. The number of hydrogen-bond donors (Lipinski definition) is 1. The molecule has 1 aromatic carbocycles. The van der Waals surface area contributed by atoms with Crippen LogP contribution in [0.15, 0.2) is 18.2 Å². The minimum absolute atomic E-state index is 0.229. The summed E-state index contributed by atoms with van der Waals surface area (Å²) in [5.74, 6) is -0.439. The van der Waals surface area contributed by atoms with Gasteiger partial charge in [-0.25, -0.2) is 4.79 Å². The van der Waals surface area contributed by atoms with E-state index in [0.29, 0.717) is 18.4 Å². The van der Waals surface area contributed by atoms with E-state index in [1.54, 1.807) is 12.1 Å². The van der Waals surface area contributed by atoms with Gasteiger partial charge in [-0.15, -0.1) is 0 Å². The molecular formula is C16H21NO4. The molecule has 2 aliphatic heterocycles. The lowest BCUT2D eigenvalue weighted by Crippen LogP contribution is -2.47. The van der Waals surface area contributed by atoms with Crippen LogP contribution in [0.2, 0.25) is 0 Å². The molecule has 2 unspecified atom stereocenters. The van der Waals surface area contributed by atoms with Gasteiger partial charge < -0.3 is 19.5 Å². The van der Waals surface area contributed by atoms with E-state index in [2.05, 4.69) is 18.7 Å². The van der Waals surface area contributed by atoms with Crippen molar-refractivity contribution in [2.24, 2.45) is 0 Å². The van der Waals surface area contributed by atoms with Crippen LogP contribution in [0.4, 0.5) is 5.69 Å². The van der Waals surface area contributed by atoms with E-state index in [4.69, 9.17) is 9.47 Å². The molecule has 0 aromatic heterocycles. The number of carboxylic acid groups (broad SMARTS) is 1. The van der Waals surface area contributed by atoms with E-state index in [1.165, 1.54) is 0 Å². The highest BCUT2D eigenvalue weighted by molar-refractivity contribution is 5.93. The number of anilines is 1. The van der Waals surface area contributed by atoms with Gasteiger partial charge in [-0.1, -0.05) is 6.07 Å². The standard InChI is InChI=1S/C16H21NO4/c1-10-8-12(9-11(2)21-10)17-6-7-20-15-13(16(18)19)4-3-5-14(15)17/h3-5,10-12H,6-9H2,1-2H3,(H,18,19). The van der Waals surface area contributed by atoms with Gasteiger partial charge in [0.1, 0.15) is 12.2 Å². The summed E-state index contributed by atoms with van der Waals surface area (Å²) in [4.78, 5) is 13.6. The molecule has 114 valence electrons. The Bertz CT molecular complexity index is 535. The van der Waals surface area contributed by atoms with E-state index in [0.717, 1.165) is 25.1 Å². The third-order valence-corrected chi connectivity index (χ3v) is 4.23. The second-order valence-corrected chi connectivity index (χ2v) is 5.88. The Hall–Kier alpha value is -1.75. The normalized spacial score (nSPS) is 28.7. The first kappa shape index (κ1) is 14.2. The first-order chi connectivity index (χ1) is 10.1. The van der Waals surface area contributed by atoms with Crippen molar-refractivity contribution in [3.8, 4) is 5.75 Å². The highest BCUT2D eigenvalue weighted by atomic mass is 16.5. The van der Waals surface area contributed by atoms with E-state index in [9.17, 15) is 9.90 Å². The van der Waals surface area contributed by atoms with Crippen LogP contribution >= 0.6 is 0 Å². The van der Waals surface area contributed by atoms with E-state index >= 15 is 0 Å². The number of fused-ring (bicyclic) bond motifs is 1. The van der Waals surface area contributed by atoms with Crippen molar-refractivity contribution in [2.75, 3.05) is 18.1 Å². The Labute approximate surface area is 124 Å². The molecule has 3 rings (SSSR count). The smallest absolute Gasteiger partial charge is 0.339 e. The van der Waals surface area contributed by atoms with Crippen molar-refractivity contribution in [1.29, 1.82) is 0 Å². The molecule has 2 atom stereocenters. The monoisotopic (exact) mass is 291 g/mol. The van der Waals surface area contributed by atoms with Crippen LogP contribution in [0.3, 0.4) is 0 Å². The minimum atomic E-state index is -0.942. The first-order valence-electron chi connectivity index (χ1n) is 7.47. The second kappa shape index (κ2) is 5.56. The molecule has 1 aromatic rings. The molecule has 2 heterocycles. The van der Waals surface area contributed by atoms with Crippen molar-refractivity contribution in [3.63, 3.8) is 0 Å². The number of rotatable bonds is 2. The van der Waals surface area contributed by atoms with Gasteiger partial charge in [0.05, 0.1) is 24.4 Å². The van der Waals surface area contributed by atoms with Crippen LogP contribution in [0.5, 0.6) is 5.75 Å². The topological polar surface area (TPSA) is 59.0 Å². The lowest BCUT2D eigenvalue weighted by molar-refractivity contribution is -0.0383. The van der Waals surface area contributed by atoms with Gasteiger partial charge in [0.2, 0.25) is 0 Å². The Kier molecular flexibility index (Phi) is 3.76. The first-order valence-corrected chi connectivity index (χ1v) is 7.47. The number of carboxylic acids is 1. The fourth-order valence-corrected chi connectivity index (χ4v) is 3.44. The van der Waals surface area contributed by atoms with Gasteiger partial charge in [0, 0.05) is 6.04 Å². The quantitative estimate of drug-likeness (QED) is 0.907. The SMILES string of the molecule is CC1CC(N2CCOc3c(C(=O)O)cccc32)CC(C)O1. The van der Waals surface area contributed by atoms with Crippen molar-refractivity contribution in [2.45, 2.75) is 44.9 Å². The lowest BCUT2D eigenvalue weighted by atomic mass is 9.96. The summed E-state index contributed by atoms with van der Waals surface area (Å²) < 4.78 is 11.4. The third-order valence-electron chi connectivity index (χ3n) is 4.23. The summed E-state index contributed by atoms with van der Waals surface area (Å²) in [6.07, 6.45) is 2.38. The molecule has 2 aliphatic rings. The van der Waals surface area contributed by atoms with Gasteiger partial charge >= 0.3 is 5.97 Å². The summed E-state index contributed by atoms with van der Waals surface area (Å²) in [6, 6.07) is 5.71. The van der Waals surface area contributed by atoms with E-state index in [1.807, 2.05) is 6.07 Å².